The molecule has 2 heterocycles. The molecule has 1 atom stereocenters. The van der Waals surface area contributed by atoms with Crippen molar-refractivity contribution in [1.29, 1.82) is 0 Å². The fourth-order valence-corrected chi connectivity index (χ4v) is 2.66. The average Bonchev–Trinajstić information content (AvgIpc) is 2.98. The Morgan fingerprint density at radius 3 is 2.80 bits per heavy atom. The largest absolute Gasteiger partial charge is 0.424 e. The number of likely N-dealkylation sites (tertiary alicyclic amines) is 1. The Hall–Kier alpha value is -2.17. The Morgan fingerprint density at radius 2 is 2.10 bits per heavy atom. The molecule has 0 N–H and O–H groups in total. The lowest BCUT2D eigenvalue weighted by Gasteiger charge is -2.14. The first-order valence-electron chi connectivity index (χ1n) is 6.81. The van der Waals surface area contributed by atoms with Crippen molar-refractivity contribution in [1.82, 2.24) is 15.1 Å². The van der Waals surface area contributed by atoms with Crippen LogP contribution >= 0.6 is 0 Å². The lowest BCUT2D eigenvalue weighted by atomic mass is 9.99. The standard InChI is InChI=1S/C15H17N3O2/c1-11-16-17-14(20-11)10-18-9-13(8-15(18)19)7-12-5-3-2-4-6-12/h2-6,13H,7-10H2,1H3. The molecular weight excluding hydrogens is 254 g/mol. The second-order valence-electron chi connectivity index (χ2n) is 5.25. The highest BCUT2D eigenvalue weighted by molar-refractivity contribution is 5.78. The van der Waals surface area contributed by atoms with Crippen molar-refractivity contribution < 1.29 is 9.21 Å². The molecule has 1 aliphatic heterocycles. The van der Waals surface area contributed by atoms with Crippen LogP contribution in [-0.2, 0) is 17.8 Å². The van der Waals surface area contributed by atoms with Crippen molar-refractivity contribution in [2.75, 3.05) is 6.54 Å². The van der Waals surface area contributed by atoms with Crippen LogP contribution in [0.25, 0.3) is 0 Å². The highest BCUT2D eigenvalue weighted by Gasteiger charge is 2.30. The van der Waals surface area contributed by atoms with Gasteiger partial charge in [0.15, 0.2) is 0 Å². The quantitative estimate of drug-likeness (QED) is 0.853. The first kappa shape index (κ1) is 12.8. The molecule has 0 spiro atoms. The molecule has 2 aromatic rings. The van der Waals surface area contributed by atoms with Gasteiger partial charge in [0, 0.05) is 19.9 Å². The number of carbonyl (C=O) groups excluding carboxylic acids is 1. The Morgan fingerprint density at radius 1 is 1.30 bits per heavy atom. The highest BCUT2D eigenvalue weighted by Crippen LogP contribution is 2.23. The van der Waals surface area contributed by atoms with Crippen LogP contribution in [0.5, 0.6) is 0 Å². The predicted octanol–water partition coefficient (Wildman–Crippen LogP) is 1.97. The maximum atomic E-state index is 12.0. The summed E-state index contributed by atoms with van der Waals surface area (Å²) in [5, 5.41) is 7.73. The van der Waals surface area contributed by atoms with Crippen LogP contribution in [-0.4, -0.2) is 27.5 Å². The number of nitrogens with zero attached hydrogens (tertiary/aromatic N) is 3. The van der Waals surface area contributed by atoms with Crippen molar-refractivity contribution >= 4 is 5.91 Å². The summed E-state index contributed by atoms with van der Waals surface area (Å²) >= 11 is 0. The van der Waals surface area contributed by atoms with Gasteiger partial charge in [-0.15, -0.1) is 10.2 Å². The van der Waals surface area contributed by atoms with Gasteiger partial charge in [-0.25, -0.2) is 0 Å². The average molecular weight is 271 g/mol. The summed E-state index contributed by atoms with van der Waals surface area (Å²) in [7, 11) is 0. The molecule has 0 saturated carbocycles. The van der Waals surface area contributed by atoms with E-state index in [1.807, 2.05) is 18.2 Å². The van der Waals surface area contributed by atoms with E-state index in [2.05, 4.69) is 22.3 Å². The highest BCUT2D eigenvalue weighted by atomic mass is 16.4. The Kier molecular flexibility index (Phi) is 3.50. The van der Waals surface area contributed by atoms with Crippen molar-refractivity contribution in [3.63, 3.8) is 0 Å². The molecule has 0 bridgehead atoms. The van der Waals surface area contributed by atoms with Gasteiger partial charge >= 0.3 is 0 Å². The molecule has 3 rings (SSSR count). The molecule has 0 aliphatic carbocycles. The maximum Gasteiger partial charge on any atom is 0.235 e. The van der Waals surface area contributed by atoms with Gasteiger partial charge in [0.25, 0.3) is 0 Å². The third kappa shape index (κ3) is 2.87. The molecule has 1 aromatic carbocycles. The number of hydrogen-bond acceptors (Lipinski definition) is 4. The minimum absolute atomic E-state index is 0.168. The third-order valence-corrected chi connectivity index (χ3v) is 3.56. The molecule has 1 saturated heterocycles. The van der Waals surface area contributed by atoms with Gasteiger partial charge in [0.05, 0.1) is 6.54 Å². The van der Waals surface area contributed by atoms with Gasteiger partial charge in [0.1, 0.15) is 0 Å². The normalized spacial score (nSPS) is 18.8. The zero-order chi connectivity index (χ0) is 13.9. The first-order valence-corrected chi connectivity index (χ1v) is 6.81. The molecule has 1 amide bonds. The van der Waals surface area contributed by atoms with Crippen molar-refractivity contribution in [3.05, 3.63) is 47.7 Å². The number of aromatic nitrogens is 2. The van der Waals surface area contributed by atoms with Gasteiger partial charge in [-0.1, -0.05) is 30.3 Å². The Bertz CT molecular complexity index is 594. The molecule has 0 radical (unpaired) electrons. The summed E-state index contributed by atoms with van der Waals surface area (Å²) < 4.78 is 5.33. The van der Waals surface area contributed by atoms with Crippen LogP contribution in [0.15, 0.2) is 34.7 Å². The Balaban J connectivity index is 1.60. The molecule has 104 valence electrons. The van der Waals surface area contributed by atoms with Crippen LogP contribution in [0, 0.1) is 12.8 Å². The second kappa shape index (κ2) is 5.45. The van der Waals surface area contributed by atoms with E-state index in [4.69, 9.17) is 4.42 Å². The van der Waals surface area contributed by atoms with E-state index in [0.717, 1.165) is 13.0 Å². The van der Waals surface area contributed by atoms with E-state index in [0.29, 0.717) is 30.7 Å². The third-order valence-electron chi connectivity index (χ3n) is 3.56. The fourth-order valence-electron chi connectivity index (χ4n) is 2.66. The molecule has 1 aromatic heterocycles. The topological polar surface area (TPSA) is 59.2 Å². The predicted molar refractivity (Wildman–Crippen MR) is 72.7 cm³/mol. The van der Waals surface area contributed by atoms with Gasteiger partial charge in [0.2, 0.25) is 17.7 Å². The zero-order valence-electron chi connectivity index (χ0n) is 11.5. The smallest absolute Gasteiger partial charge is 0.235 e. The van der Waals surface area contributed by atoms with E-state index in [9.17, 15) is 4.79 Å². The molecule has 1 unspecified atom stereocenters. The number of amides is 1. The van der Waals surface area contributed by atoms with Gasteiger partial charge in [-0.2, -0.15) is 0 Å². The van der Waals surface area contributed by atoms with E-state index < -0.39 is 0 Å². The van der Waals surface area contributed by atoms with Crippen molar-refractivity contribution in [2.24, 2.45) is 5.92 Å². The number of rotatable bonds is 4. The Labute approximate surface area is 117 Å². The molecule has 1 aliphatic rings. The lowest BCUT2D eigenvalue weighted by Crippen LogP contribution is -2.25. The van der Waals surface area contributed by atoms with Crippen LogP contribution in [0.2, 0.25) is 0 Å². The summed E-state index contributed by atoms with van der Waals surface area (Å²) in [6.45, 7) is 2.93. The van der Waals surface area contributed by atoms with E-state index in [-0.39, 0.29) is 5.91 Å². The van der Waals surface area contributed by atoms with E-state index in [1.54, 1.807) is 11.8 Å². The molecule has 5 nitrogen and oxygen atoms in total. The number of aryl methyl sites for hydroxylation is 1. The van der Waals surface area contributed by atoms with Crippen molar-refractivity contribution in [3.8, 4) is 0 Å². The summed E-state index contributed by atoms with van der Waals surface area (Å²) in [6, 6.07) is 10.3. The lowest BCUT2D eigenvalue weighted by molar-refractivity contribution is -0.128. The molecular formula is C15H17N3O2. The summed E-state index contributed by atoms with van der Waals surface area (Å²) in [4.78, 5) is 13.8. The SMILES string of the molecule is Cc1nnc(CN2CC(Cc3ccccc3)CC2=O)o1. The van der Waals surface area contributed by atoms with Crippen LogP contribution in [0.4, 0.5) is 0 Å². The first-order chi connectivity index (χ1) is 9.70. The summed E-state index contributed by atoms with van der Waals surface area (Å²) in [5.74, 6) is 1.58. The van der Waals surface area contributed by atoms with Crippen LogP contribution < -0.4 is 0 Å². The molecule has 5 heteroatoms. The maximum absolute atomic E-state index is 12.0. The zero-order valence-corrected chi connectivity index (χ0v) is 11.5. The monoisotopic (exact) mass is 271 g/mol. The second-order valence-corrected chi connectivity index (χ2v) is 5.25. The fraction of sp³-hybridized carbons (Fsp3) is 0.400. The minimum Gasteiger partial charge on any atom is -0.424 e. The van der Waals surface area contributed by atoms with Crippen molar-refractivity contribution in [2.45, 2.75) is 26.3 Å². The summed E-state index contributed by atoms with van der Waals surface area (Å²) in [6.07, 6.45) is 1.54. The van der Waals surface area contributed by atoms with Gasteiger partial charge < -0.3 is 9.32 Å². The number of benzene rings is 1. The summed E-state index contributed by atoms with van der Waals surface area (Å²) in [5.41, 5.74) is 1.28. The number of carbonyl (C=O) groups is 1. The molecule has 20 heavy (non-hydrogen) atoms. The van der Waals surface area contributed by atoms with Crippen LogP contribution in [0.3, 0.4) is 0 Å². The van der Waals surface area contributed by atoms with E-state index in [1.165, 1.54) is 5.56 Å². The minimum atomic E-state index is 0.168. The number of hydrogen-bond donors (Lipinski definition) is 0. The van der Waals surface area contributed by atoms with Gasteiger partial charge in [-0.05, 0) is 17.9 Å². The van der Waals surface area contributed by atoms with Gasteiger partial charge in [-0.3, -0.25) is 4.79 Å². The van der Waals surface area contributed by atoms with E-state index >= 15 is 0 Å². The van der Waals surface area contributed by atoms with Crippen LogP contribution in [0.1, 0.15) is 23.8 Å². The molecule has 1 fully saturated rings.